The van der Waals surface area contributed by atoms with E-state index in [0.717, 1.165) is 22.7 Å². The molecule has 0 fully saturated rings. The van der Waals surface area contributed by atoms with E-state index in [4.69, 9.17) is 16.3 Å². The van der Waals surface area contributed by atoms with Gasteiger partial charge in [-0.15, -0.1) is 0 Å². The Balaban J connectivity index is 1.56. The molecule has 35 heavy (non-hydrogen) atoms. The number of hydrogen-bond acceptors (Lipinski definition) is 4. The predicted molar refractivity (Wildman–Crippen MR) is 139 cm³/mol. The van der Waals surface area contributed by atoms with Gasteiger partial charge in [-0.1, -0.05) is 29.8 Å². The Hall–Kier alpha value is -3.03. The summed E-state index contributed by atoms with van der Waals surface area (Å²) in [4.78, 5) is 13.1. The molecule has 1 aliphatic carbocycles. The van der Waals surface area contributed by atoms with E-state index in [-0.39, 0.29) is 17.5 Å². The first-order valence-electron chi connectivity index (χ1n) is 11.6. The second kappa shape index (κ2) is 10.7. The number of carbonyl (C=O) groups excluding carboxylic acids is 1. The molecule has 1 atom stereocenters. The van der Waals surface area contributed by atoms with Crippen LogP contribution in [0.3, 0.4) is 0 Å². The number of rotatable bonds is 8. The van der Waals surface area contributed by atoms with Gasteiger partial charge in [-0.05, 0) is 97.8 Å². The molecule has 1 aliphatic rings. The number of benzene rings is 3. The third kappa shape index (κ3) is 5.80. The SMILES string of the molecule is COc1ccc(S(=O)(=O)N(CC(=O)NC(C)c2ccc3c(c2)CCCC3)c2ccc(Cl)cc2)cc1. The number of sulfonamides is 1. The Kier molecular flexibility index (Phi) is 7.67. The number of carbonyl (C=O) groups is 1. The van der Waals surface area contributed by atoms with Crippen LogP contribution in [-0.2, 0) is 27.7 Å². The molecule has 0 saturated carbocycles. The van der Waals surface area contributed by atoms with Crippen LogP contribution in [0.25, 0.3) is 0 Å². The van der Waals surface area contributed by atoms with E-state index in [1.165, 1.54) is 43.2 Å². The molecule has 3 aromatic carbocycles. The average Bonchev–Trinajstić information content (AvgIpc) is 2.87. The van der Waals surface area contributed by atoms with Gasteiger partial charge >= 0.3 is 0 Å². The van der Waals surface area contributed by atoms with Crippen molar-refractivity contribution in [1.82, 2.24) is 5.32 Å². The largest absolute Gasteiger partial charge is 0.497 e. The van der Waals surface area contributed by atoms with Gasteiger partial charge in [-0.3, -0.25) is 9.10 Å². The fourth-order valence-corrected chi connectivity index (χ4v) is 5.87. The summed E-state index contributed by atoms with van der Waals surface area (Å²) in [6.07, 6.45) is 4.53. The van der Waals surface area contributed by atoms with Crippen LogP contribution in [0, 0.1) is 0 Å². The van der Waals surface area contributed by atoms with Gasteiger partial charge in [0, 0.05) is 5.02 Å². The van der Waals surface area contributed by atoms with Crippen molar-refractivity contribution in [3.8, 4) is 5.75 Å². The Labute approximate surface area is 211 Å². The summed E-state index contributed by atoms with van der Waals surface area (Å²) in [6, 6.07) is 18.5. The van der Waals surface area contributed by atoms with Crippen LogP contribution in [0.1, 0.15) is 42.5 Å². The van der Waals surface area contributed by atoms with E-state index < -0.39 is 15.9 Å². The normalized spacial score (nSPS) is 14.0. The average molecular weight is 513 g/mol. The maximum Gasteiger partial charge on any atom is 0.264 e. The lowest BCUT2D eigenvalue weighted by molar-refractivity contribution is -0.120. The minimum absolute atomic E-state index is 0.0591. The topological polar surface area (TPSA) is 75.7 Å². The number of nitrogens with zero attached hydrogens (tertiary/aromatic N) is 1. The van der Waals surface area contributed by atoms with Crippen molar-refractivity contribution in [3.05, 3.63) is 88.4 Å². The zero-order chi connectivity index (χ0) is 25.0. The summed E-state index contributed by atoms with van der Waals surface area (Å²) in [7, 11) is -2.51. The van der Waals surface area contributed by atoms with Gasteiger partial charge in [-0.2, -0.15) is 0 Å². The van der Waals surface area contributed by atoms with Crippen molar-refractivity contribution >= 4 is 33.2 Å². The predicted octanol–water partition coefficient (Wildman–Crippen LogP) is 5.30. The van der Waals surface area contributed by atoms with Crippen molar-refractivity contribution in [2.45, 2.75) is 43.5 Å². The molecular weight excluding hydrogens is 484 g/mol. The number of ether oxygens (including phenoxy) is 1. The highest BCUT2D eigenvalue weighted by Gasteiger charge is 2.28. The molecule has 6 nitrogen and oxygen atoms in total. The molecule has 4 rings (SSSR count). The van der Waals surface area contributed by atoms with Gasteiger partial charge in [0.25, 0.3) is 10.0 Å². The molecule has 0 saturated heterocycles. The molecule has 1 unspecified atom stereocenters. The molecule has 0 aromatic heterocycles. The molecule has 0 spiro atoms. The van der Waals surface area contributed by atoms with Crippen molar-refractivity contribution in [2.24, 2.45) is 0 Å². The third-order valence-electron chi connectivity index (χ3n) is 6.30. The second-order valence-electron chi connectivity index (χ2n) is 8.69. The monoisotopic (exact) mass is 512 g/mol. The van der Waals surface area contributed by atoms with Crippen molar-refractivity contribution in [1.29, 1.82) is 0 Å². The Bertz CT molecular complexity index is 1290. The van der Waals surface area contributed by atoms with Crippen molar-refractivity contribution < 1.29 is 17.9 Å². The van der Waals surface area contributed by atoms with Crippen LogP contribution in [0.2, 0.25) is 5.02 Å². The summed E-state index contributed by atoms with van der Waals surface area (Å²) in [5.74, 6) is 0.140. The number of anilines is 1. The molecule has 0 aliphatic heterocycles. The molecule has 0 heterocycles. The summed E-state index contributed by atoms with van der Waals surface area (Å²) < 4.78 is 33.3. The van der Waals surface area contributed by atoms with Gasteiger partial charge in [0.05, 0.1) is 23.7 Å². The lowest BCUT2D eigenvalue weighted by Gasteiger charge is -2.25. The Morgan fingerprint density at radius 2 is 1.66 bits per heavy atom. The van der Waals surface area contributed by atoms with E-state index in [2.05, 4.69) is 17.4 Å². The zero-order valence-corrected chi connectivity index (χ0v) is 21.4. The van der Waals surface area contributed by atoms with Crippen LogP contribution in [0.15, 0.2) is 71.6 Å². The lowest BCUT2D eigenvalue weighted by Crippen LogP contribution is -2.41. The summed E-state index contributed by atoms with van der Waals surface area (Å²) in [5, 5.41) is 3.44. The van der Waals surface area contributed by atoms with Crippen molar-refractivity contribution in [3.63, 3.8) is 0 Å². The maximum absolute atomic E-state index is 13.5. The zero-order valence-electron chi connectivity index (χ0n) is 19.8. The number of aryl methyl sites for hydroxylation is 2. The number of methoxy groups -OCH3 is 1. The molecule has 184 valence electrons. The third-order valence-corrected chi connectivity index (χ3v) is 8.34. The lowest BCUT2D eigenvalue weighted by atomic mass is 9.89. The maximum atomic E-state index is 13.5. The number of nitrogens with one attached hydrogen (secondary N) is 1. The highest BCUT2D eigenvalue weighted by Crippen LogP contribution is 2.27. The van der Waals surface area contributed by atoms with Gasteiger partial charge < -0.3 is 10.1 Å². The van der Waals surface area contributed by atoms with Gasteiger partial charge in [0.1, 0.15) is 12.3 Å². The number of halogens is 1. The number of fused-ring (bicyclic) bond motifs is 1. The Morgan fingerprint density at radius 1 is 1.00 bits per heavy atom. The Morgan fingerprint density at radius 3 is 2.31 bits per heavy atom. The number of hydrogen-bond donors (Lipinski definition) is 1. The van der Waals surface area contributed by atoms with Crippen LogP contribution >= 0.6 is 11.6 Å². The smallest absolute Gasteiger partial charge is 0.264 e. The summed E-state index contributed by atoms with van der Waals surface area (Å²) in [5.41, 5.74) is 4.06. The molecular formula is C27H29ClN2O4S. The van der Waals surface area contributed by atoms with Crippen molar-refractivity contribution in [2.75, 3.05) is 18.0 Å². The highest BCUT2D eigenvalue weighted by atomic mass is 35.5. The van der Waals surface area contributed by atoms with E-state index in [1.807, 2.05) is 13.0 Å². The summed E-state index contributed by atoms with van der Waals surface area (Å²) in [6.45, 7) is 1.54. The first-order valence-corrected chi connectivity index (χ1v) is 13.4. The summed E-state index contributed by atoms with van der Waals surface area (Å²) >= 11 is 6.01. The highest BCUT2D eigenvalue weighted by molar-refractivity contribution is 7.92. The minimum Gasteiger partial charge on any atom is -0.497 e. The van der Waals surface area contributed by atoms with Gasteiger partial charge in [0.15, 0.2) is 0 Å². The fourth-order valence-electron chi connectivity index (χ4n) is 4.32. The fraction of sp³-hybridized carbons (Fsp3) is 0.296. The molecule has 0 bridgehead atoms. The molecule has 3 aromatic rings. The van der Waals surface area contributed by atoms with Gasteiger partial charge in [-0.25, -0.2) is 8.42 Å². The first-order chi connectivity index (χ1) is 16.8. The molecule has 1 amide bonds. The van der Waals surface area contributed by atoms with E-state index in [0.29, 0.717) is 16.5 Å². The first kappa shape index (κ1) is 25.1. The van der Waals surface area contributed by atoms with Gasteiger partial charge in [0.2, 0.25) is 5.91 Å². The van der Waals surface area contributed by atoms with E-state index >= 15 is 0 Å². The minimum atomic E-state index is -4.03. The standard InChI is InChI=1S/C27H29ClN2O4S/c1-19(21-8-7-20-5-3-4-6-22(20)17-21)29-27(31)18-30(24-11-9-23(28)10-12-24)35(32,33)26-15-13-25(34-2)14-16-26/h7-17,19H,3-6,18H2,1-2H3,(H,29,31). The van der Waals surface area contributed by atoms with Crippen LogP contribution in [0.5, 0.6) is 5.75 Å². The quantitative estimate of drug-likeness (QED) is 0.444. The van der Waals surface area contributed by atoms with Crippen LogP contribution in [0.4, 0.5) is 5.69 Å². The molecule has 0 radical (unpaired) electrons. The second-order valence-corrected chi connectivity index (χ2v) is 11.0. The molecule has 1 N–H and O–H groups in total. The van der Waals surface area contributed by atoms with Crippen LogP contribution in [-0.4, -0.2) is 28.0 Å². The van der Waals surface area contributed by atoms with E-state index in [9.17, 15) is 13.2 Å². The number of amides is 1. The molecule has 8 heteroatoms. The van der Waals surface area contributed by atoms with Crippen LogP contribution < -0.4 is 14.4 Å². The van der Waals surface area contributed by atoms with E-state index in [1.54, 1.807) is 36.4 Å².